The minimum Gasteiger partial charge on any atom is -0.383 e. The zero-order valence-corrected chi connectivity index (χ0v) is 21.5. The second-order valence-electron chi connectivity index (χ2n) is 9.74. The van der Waals surface area contributed by atoms with E-state index < -0.39 is 17.5 Å². The Hall–Kier alpha value is -4.30. The highest BCUT2D eigenvalue weighted by Gasteiger charge is 2.31. The molecular formula is C28H26F3N7O. The van der Waals surface area contributed by atoms with Crippen LogP contribution in [0.2, 0.25) is 0 Å². The third kappa shape index (κ3) is 5.61. The number of alkyl halides is 3. The number of nitrogens with two attached hydrogens (primary N) is 1. The molecule has 0 atom stereocenters. The molecule has 11 heteroatoms. The van der Waals surface area contributed by atoms with Crippen molar-refractivity contribution in [1.29, 1.82) is 0 Å². The van der Waals surface area contributed by atoms with Gasteiger partial charge in [0.15, 0.2) is 11.4 Å². The summed E-state index contributed by atoms with van der Waals surface area (Å²) in [4.78, 5) is 27.2. The van der Waals surface area contributed by atoms with E-state index in [4.69, 9.17) is 10.8 Å². The van der Waals surface area contributed by atoms with Crippen molar-refractivity contribution in [3.8, 4) is 11.8 Å². The summed E-state index contributed by atoms with van der Waals surface area (Å²) in [6, 6.07) is 6.34. The average Bonchev–Trinajstić information content (AvgIpc) is 3.29. The number of likely N-dealkylation sites (tertiary alicyclic amines) is 1. The van der Waals surface area contributed by atoms with Gasteiger partial charge in [-0.3, -0.25) is 9.78 Å². The number of halogens is 3. The highest BCUT2D eigenvalue weighted by Crippen LogP contribution is 2.30. The summed E-state index contributed by atoms with van der Waals surface area (Å²) in [6.07, 6.45) is 0.464. The molecule has 0 unspecified atom stereocenters. The quantitative estimate of drug-likeness (QED) is 0.310. The molecular weight excluding hydrogens is 507 g/mol. The number of aryl methyl sites for hydroxylation is 1. The number of nitrogens with zero attached hydrogens (tertiary/aromatic N) is 6. The third-order valence-electron chi connectivity index (χ3n) is 6.92. The summed E-state index contributed by atoms with van der Waals surface area (Å²) in [5.41, 5.74) is 8.42. The van der Waals surface area contributed by atoms with Crippen LogP contribution in [-0.4, -0.2) is 55.6 Å². The number of fused-ring (bicyclic) bond motifs is 1. The summed E-state index contributed by atoms with van der Waals surface area (Å²) in [5, 5.41) is 5.37. The van der Waals surface area contributed by atoms with Crippen LogP contribution in [0.4, 0.5) is 19.0 Å². The summed E-state index contributed by atoms with van der Waals surface area (Å²) in [7, 11) is 2.09. The van der Waals surface area contributed by atoms with E-state index in [1.54, 1.807) is 12.1 Å². The maximum Gasteiger partial charge on any atom is 0.417 e. The fourth-order valence-corrected chi connectivity index (χ4v) is 4.65. The van der Waals surface area contributed by atoms with E-state index in [1.807, 2.05) is 17.7 Å². The fourth-order valence-electron chi connectivity index (χ4n) is 4.65. The highest BCUT2D eigenvalue weighted by molar-refractivity contribution is 5.97. The van der Waals surface area contributed by atoms with Crippen molar-refractivity contribution in [3.05, 3.63) is 76.5 Å². The maximum absolute atomic E-state index is 13.0. The van der Waals surface area contributed by atoms with Crippen molar-refractivity contribution in [2.75, 3.05) is 25.9 Å². The molecule has 4 aromatic rings. The van der Waals surface area contributed by atoms with Crippen LogP contribution < -0.4 is 5.73 Å². The molecule has 1 aromatic carbocycles. The Kier molecular flexibility index (Phi) is 7.06. The van der Waals surface area contributed by atoms with Gasteiger partial charge in [-0.15, -0.1) is 0 Å². The predicted octanol–water partition coefficient (Wildman–Crippen LogP) is 4.22. The number of piperidine rings is 1. The van der Waals surface area contributed by atoms with Crippen molar-refractivity contribution >= 4 is 22.6 Å². The summed E-state index contributed by atoms with van der Waals surface area (Å²) < 4.78 is 41.0. The lowest BCUT2D eigenvalue weighted by molar-refractivity contribution is -0.137. The van der Waals surface area contributed by atoms with Gasteiger partial charge in [0.25, 0.3) is 0 Å². The first kappa shape index (κ1) is 26.3. The molecule has 2 N–H and O–H groups in total. The largest absolute Gasteiger partial charge is 0.417 e. The Morgan fingerprint density at radius 3 is 2.64 bits per heavy atom. The number of Topliss-reactive ketones (excluding diaryl/α,β-unsaturated/α-hetero) is 1. The third-order valence-corrected chi connectivity index (χ3v) is 6.92. The molecule has 39 heavy (non-hydrogen) atoms. The fraction of sp³-hybridized carbons (Fsp3) is 0.321. The summed E-state index contributed by atoms with van der Waals surface area (Å²) in [6.45, 7) is 3.79. The SMILES string of the molecule is Cc1ccc(CC(=O)c2cncc(C(F)(F)F)c2)cc1C#Cc1nn(C2CCN(C)CC2)c2ncnc(N)c12. The normalized spacial score (nSPS) is 14.8. The molecule has 1 aliphatic heterocycles. The van der Waals surface area contributed by atoms with Gasteiger partial charge in [-0.25, -0.2) is 14.6 Å². The number of carbonyl (C=O) groups excluding carboxylic acids is 1. The van der Waals surface area contributed by atoms with Crippen molar-refractivity contribution in [2.24, 2.45) is 0 Å². The monoisotopic (exact) mass is 533 g/mol. The molecule has 1 saturated heterocycles. The number of hydrogen-bond acceptors (Lipinski definition) is 7. The van der Waals surface area contributed by atoms with Crippen molar-refractivity contribution in [1.82, 2.24) is 29.6 Å². The molecule has 0 radical (unpaired) electrons. The molecule has 1 fully saturated rings. The number of ketones is 1. The number of hydrogen-bond donors (Lipinski definition) is 1. The van der Waals surface area contributed by atoms with Crippen LogP contribution in [0.5, 0.6) is 0 Å². The van der Waals surface area contributed by atoms with Gasteiger partial charge in [-0.1, -0.05) is 18.1 Å². The van der Waals surface area contributed by atoms with Gasteiger partial charge in [0.2, 0.25) is 0 Å². The van der Waals surface area contributed by atoms with Crippen LogP contribution in [-0.2, 0) is 12.6 Å². The number of aromatic nitrogens is 5. The van der Waals surface area contributed by atoms with E-state index in [9.17, 15) is 18.0 Å². The number of nitrogen functional groups attached to an aromatic ring is 1. The van der Waals surface area contributed by atoms with Crippen LogP contribution in [0, 0.1) is 18.8 Å². The molecule has 0 spiro atoms. The lowest BCUT2D eigenvalue weighted by Crippen LogP contribution is -2.32. The first-order chi connectivity index (χ1) is 18.6. The molecule has 0 saturated carbocycles. The minimum atomic E-state index is -4.57. The Morgan fingerprint density at radius 2 is 1.90 bits per heavy atom. The molecule has 0 aliphatic carbocycles. The Morgan fingerprint density at radius 1 is 1.13 bits per heavy atom. The lowest BCUT2D eigenvalue weighted by atomic mass is 9.99. The topological polar surface area (TPSA) is 103 Å². The average molecular weight is 534 g/mol. The van der Waals surface area contributed by atoms with Gasteiger partial charge in [0.1, 0.15) is 17.8 Å². The first-order valence-corrected chi connectivity index (χ1v) is 12.4. The highest BCUT2D eigenvalue weighted by atomic mass is 19.4. The standard InChI is InChI=1S/C28H26F3N7O/c1-17-3-4-18(12-24(39)20-13-21(15-33-14-20)28(29,30)31)11-19(17)5-6-23-25-26(32)34-16-35-27(25)38(36-23)22-7-9-37(2)10-8-22/h3-4,11,13-16,22H,7-10,12H2,1-2H3,(H2,32,34,35). The number of pyridine rings is 1. The zero-order chi connectivity index (χ0) is 27.7. The van der Waals surface area contributed by atoms with E-state index in [0.29, 0.717) is 39.9 Å². The van der Waals surface area contributed by atoms with E-state index in [-0.39, 0.29) is 18.0 Å². The van der Waals surface area contributed by atoms with E-state index in [0.717, 1.165) is 43.8 Å². The molecule has 5 rings (SSSR count). The second-order valence-corrected chi connectivity index (χ2v) is 9.74. The van der Waals surface area contributed by atoms with Gasteiger partial charge >= 0.3 is 6.18 Å². The van der Waals surface area contributed by atoms with E-state index in [2.05, 4.69) is 38.7 Å². The molecule has 4 heterocycles. The molecule has 0 amide bonds. The molecule has 1 aliphatic rings. The van der Waals surface area contributed by atoms with Gasteiger partial charge in [0, 0.05) is 29.9 Å². The van der Waals surface area contributed by atoms with Crippen molar-refractivity contribution in [2.45, 2.75) is 38.4 Å². The molecule has 3 aromatic heterocycles. The van der Waals surface area contributed by atoms with Crippen molar-refractivity contribution < 1.29 is 18.0 Å². The second kappa shape index (κ2) is 10.5. The molecule has 0 bridgehead atoms. The number of carbonyl (C=O) groups is 1. The maximum atomic E-state index is 13.0. The molecule has 8 nitrogen and oxygen atoms in total. The van der Waals surface area contributed by atoms with Crippen LogP contribution in [0.25, 0.3) is 11.0 Å². The van der Waals surface area contributed by atoms with Gasteiger partial charge in [-0.05, 0) is 69.1 Å². The number of rotatable bonds is 4. The van der Waals surface area contributed by atoms with Gasteiger partial charge < -0.3 is 10.6 Å². The Labute approximate surface area is 223 Å². The lowest BCUT2D eigenvalue weighted by Gasteiger charge is -2.29. The zero-order valence-electron chi connectivity index (χ0n) is 21.5. The van der Waals surface area contributed by atoms with Gasteiger partial charge in [-0.2, -0.15) is 18.3 Å². The first-order valence-electron chi connectivity index (χ1n) is 12.4. The Balaban J connectivity index is 1.44. The van der Waals surface area contributed by atoms with E-state index >= 15 is 0 Å². The van der Waals surface area contributed by atoms with Crippen LogP contribution in [0.15, 0.2) is 43.0 Å². The van der Waals surface area contributed by atoms with Crippen LogP contribution in [0.3, 0.4) is 0 Å². The van der Waals surface area contributed by atoms with Crippen LogP contribution >= 0.6 is 0 Å². The minimum absolute atomic E-state index is 0.0909. The van der Waals surface area contributed by atoms with Crippen molar-refractivity contribution in [3.63, 3.8) is 0 Å². The molecule has 200 valence electrons. The van der Waals surface area contributed by atoms with Gasteiger partial charge in [0.05, 0.1) is 17.0 Å². The Bertz CT molecular complexity index is 1610. The summed E-state index contributed by atoms with van der Waals surface area (Å²) >= 11 is 0. The predicted molar refractivity (Wildman–Crippen MR) is 140 cm³/mol. The van der Waals surface area contributed by atoms with Crippen LogP contribution in [0.1, 0.15) is 57.2 Å². The number of anilines is 1. The number of benzene rings is 1. The smallest absolute Gasteiger partial charge is 0.383 e. The van der Waals surface area contributed by atoms with E-state index in [1.165, 1.54) is 6.33 Å². The summed E-state index contributed by atoms with van der Waals surface area (Å²) in [5.74, 6) is 6.09.